The third-order valence-corrected chi connectivity index (χ3v) is 3.56. The maximum absolute atomic E-state index is 9.13. The van der Waals surface area contributed by atoms with E-state index in [1.165, 1.54) is 11.5 Å². The van der Waals surface area contributed by atoms with Gasteiger partial charge in [0, 0.05) is 24.1 Å². The minimum absolute atomic E-state index is 0.217. The fraction of sp³-hybridized carbons (Fsp3) is 0.750. The van der Waals surface area contributed by atoms with Gasteiger partial charge in [-0.3, -0.25) is 4.90 Å². The summed E-state index contributed by atoms with van der Waals surface area (Å²) < 4.78 is 4.45. The van der Waals surface area contributed by atoms with E-state index in [4.69, 9.17) is 16.7 Å². The Hall–Kier alpha value is -0.230. The number of nitrogens with zero attached hydrogens (tertiary/aromatic N) is 3. The predicted octanol–water partition coefficient (Wildman–Crippen LogP) is 1.15. The van der Waals surface area contributed by atoms with Gasteiger partial charge in [0.2, 0.25) is 0 Å². The fourth-order valence-corrected chi connectivity index (χ4v) is 2.41. The lowest BCUT2D eigenvalue weighted by Crippen LogP contribution is -2.31. The summed E-state index contributed by atoms with van der Waals surface area (Å²) in [5.74, 6) is 0. The van der Waals surface area contributed by atoms with E-state index in [-0.39, 0.29) is 12.6 Å². The maximum Gasteiger partial charge on any atom is 0.138 e. The molecule has 0 aliphatic carbocycles. The van der Waals surface area contributed by atoms with Crippen LogP contribution in [0.1, 0.15) is 18.5 Å². The van der Waals surface area contributed by atoms with E-state index in [1.807, 2.05) is 0 Å². The van der Waals surface area contributed by atoms with Crippen LogP contribution >= 0.6 is 23.1 Å². The molecule has 1 fully saturated rings. The van der Waals surface area contributed by atoms with E-state index >= 15 is 0 Å². The number of likely N-dealkylation sites (tertiary alicyclic amines) is 1. The van der Waals surface area contributed by atoms with Gasteiger partial charge in [-0.15, -0.1) is 5.10 Å². The van der Waals surface area contributed by atoms with Crippen molar-refractivity contribution in [1.82, 2.24) is 14.5 Å². The second-order valence-electron chi connectivity index (χ2n) is 3.44. The SMILES string of the molecule is OC[C@H]1CCCN1Cc1nnsc1Cl. The smallest absolute Gasteiger partial charge is 0.138 e. The molecule has 14 heavy (non-hydrogen) atoms. The lowest BCUT2D eigenvalue weighted by atomic mass is 10.2. The zero-order valence-electron chi connectivity index (χ0n) is 7.69. The van der Waals surface area contributed by atoms with Crippen molar-refractivity contribution in [3.8, 4) is 0 Å². The molecule has 0 amide bonds. The van der Waals surface area contributed by atoms with Crippen molar-refractivity contribution < 1.29 is 5.11 Å². The van der Waals surface area contributed by atoms with Crippen LogP contribution in [-0.2, 0) is 6.54 Å². The number of hydrogen-bond donors (Lipinski definition) is 1. The van der Waals surface area contributed by atoms with Gasteiger partial charge in [-0.1, -0.05) is 16.1 Å². The Morgan fingerprint density at radius 3 is 3.14 bits per heavy atom. The third kappa shape index (κ3) is 2.06. The van der Waals surface area contributed by atoms with Gasteiger partial charge in [-0.25, -0.2) is 0 Å². The fourth-order valence-electron chi connectivity index (χ4n) is 1.79. The molecule has 0 saturated carbocycles. The van der Waals surface area contributed by atoms with Crippen LogP contribution in [0.4, 0.5) is 0 Å². The lowest BCUT2D eigenvalue weighted by molar-refractivity contribution is 0.152. The van der Waals surface area contributed by atoms with Crippen LogP contribution in [0, 0.1) is 0 Å². The Balaban J connectivity index is 2.00. The Morgan fingerprint density at radius 1 is 1.64 bits per heavy atom. The standard InChI is InChI=1S/C8H12ClN3OS/c9-8-7(10-11-14-8)4-12-3-1-2-6(12)5-13/h6,13H,1-5H2/t6-/m1/s1. The molecular formula is C8H12ClN3OS. The van der Waals surface area contributed by atoms with Crippen LogP contribution in [0.3, 0.4) is 0 Å². The van der Waals surface area contributed by atoms with E-state index in [2.05, 4.69) is 14.5 Å². The molecule has 1 N–H and O–H groups in total. The van der Waals surface area contributed by atoms with E-state index in [9.17, 15) is 0 Å². The summed E-state index contributed by atoms with van der Waals surface area (Å²) in [5, 5.41) is 13.1. The van der Waals surface area contributed by atoms with E-state index in [0.29, 0.717) is 10.9 Å². The molecule has 1 aromatic rings. The molecule has 1 saturated heterocycles. The van der Waals surface area contributed by atoms with Crippen molar-refractivity contribution in [2.24, 2.45) is 0 Å². The van der Waals surface area contributed by atoms with Gasteiger partial charge in [-0.05, 0) is 19.4 Å². The molecule has 78 valence electrons. The second-order valence-corrected chi connectivity index (χ2v) is 4.80. The zero-order chi connectivity index (χ0) is 9.97. The van der Waals surface area contributed by atoms with Crippen LogP contribution in [0.15, 0.2) is 0 Å². The average Bonchev–Trinajstić information content (AvgIpc) is 2.77. The van der Waals surface area contributed by atoms with Gasteiger partial charge in [0.05, 0.1) is 6.61 Å². The van der Waals surface area contributed by atoms with E-state index in [0.717, 1.165) is 25.1 Å². The highest BCUT2D eigenvalue weighted by atomic mass is 35.5. The highest BCUT2D eigenvalue weighted by Gasteiger charge is 2.25. The molecule has 2 rings (SSSR count). The van der Waals surface area contributed by atoms with Crippen molar-refractivity contribution in [3.63, 3.8) is 0 Å². The van der Waals surface area contributed by atoms with E-state index in [1.54, 1.807) is 0 Å². The molecule has 4 nitrogen and oxygen atoms in total. The molecule has 2 heterocycles. The molecule has 0 radical (unpaired) electrons. The van der Waals surface area contributed by atoms with Gasteiger partial charge in [-0.2, -0.15) is 0 Å². The minimum atomic E-state index is 0.217. The monoisotopic (exact) mass is 233 g/mol. The quantitative estimate of drug-likeness (QED) is 0.851. The number of halogens is 1. The highest BCUT2D eigenvalue weighted by molar-refractivity contribution is 7.10. The predicted molar refractivity (Wildman–Crippen MR) is 55.4 cm³/mol. The van der Waals surface area contributed by atoms with Gasteiger partial charge in [0.1, 0.15) is 10.0 Å². The molecule has 1 atom stereocenters. The molecule has 0 aromatic carbocycles. The van der Waals surface area contributed by atoms with Crippen molar-refractivity contribution >= 4 is 23.1 Å². The Bertz CT molecular complexity index is 307. The highest BCUT2D eigenvalue weighted by Crippen LogP contribution is 2.23. The molecule has 1 aromatic heterocycles. The molecule has 1 aliphatic rings. The van der Waals surface area contributed by atoms with Crippen molar-refractivity contribution in [2.45, 2.75) is 25.4 Å². The van der Waals surface area contributed by atoms with Crippen molar-refractivity contribution in [2.75, 3.05) is 13.2 Å². The number of aliphatic hydroxyl groups is 1. The Morgan fingerprint density at radius 2 is 2.50 bits per heavy atom. The molecule has 1 aliphatic heterocycles. The van der Waals surface area contributed by atoms with Crippen LogP contribution in [0.5, 0.6) is 0 Å². The average molecular weight is 234 g/mol. The van der Waals surface area contributed by atoms with E-state index < -0.39 is 0 Å². The van der Waals surface area contributed by atoms with Gasteiger partial charge in [0.25, 0.3) is 0 Å². The summed E-state index contributed by atoms with van der Waals surface area (Å²) in [6.07, 6.45) is 2.20. The molecule has 0 spiro atoms. The normalized spacial score (nSPS) is 23.1. The lowest BCUT2D eigenvalue weighted by Gasteiger charge is -2.21. The van der Waals surface area contributed by atoms with Gasteiger partial charge >= 0.3 is 0 Å². The molecular weight excluding hydrogens is 222 g/mol. The number of aromatic nitrogens is 2. The summed E-state index contributed by atoms with van der Waals surface area (Å²) in [5.41, 5.74) is 0.831. The Labute approximate surface area is 91.7 Å². The first kappa shape index (κ1) is 10.3. The third-order valence-electron chi connectivity index (χ3n) is 2.57. The van der Waals surface area contributed by atoms with Crippen molar-refractivity contribution in [1.29, 1.82) is 0 Å². The first-order valence-electron chi connectivity index (χ1n) is 4.63. The van der Waals surface area contributed by atoms with Crippen LogP contribution in [-0.4, -0.2) is 38.8 Å². The summed E-state index contributed by atoms with van der Waals surface area (Å²) in [4.78, 5) is 2.21. The largest absolute Gasteiger partial charge is 0.395 e. The van der Waals surface area contributed by atoms with Crippen molar-refractivity contribution in [3.05, 3.63) is 10.0 Å². The number of rotatable bonds is 3. The topological polar surface area (TPSA) is 49.2 Å². The summed E-state index contributed by atoms with van der Waals surface area (Å²) >= 11 is 7.13. The molecule has 6 heteroatoms. The van der Waals surface area contributed by atoms with Gasteiger partial charge in [0.15, 0.2) is 0 Å². The number of hydrogen-bond acceptors (Lipinski definition) is 5. The first-order chi connectivity index (χ1) is 6.81. The second kappa shape index (κ2) is 4.53. The van der Waals surface area contributed by atoms with Crippen LogP contribution < -0.4 is 0 Å². The van der Waals surface area contributed by atoms with Crippen LogP contribution in [0.25, 0.3) is 0 Å². The van der Waals surface area contributed by atoms with Gasteiger partial charge < -0.3 is 5.11 Å². The van der Waals surface area contributed by atoms with Crippen LogP contribution in [0.2, 0.25) is 4.34 Å². The maximum atomic E-state index is 9.13. The summed E-state index contributed by atoms with van der Waals surface area (Å²) in [6.45, 7) is 1.94. The summed E-state index contributed by atoms with van der Waals surface area (Å²) in [6, 6.07) is 0.271. The molecule has 0 bridgehead atoms. The minimum Gasteiger partial charge on any atom is -0.395 e. The summed E-state index contributed by atoms with van der Waals surface area (Å²) in [7, 11) is 0. The zero-order valence-corrected chi connectivity index (χ0v) is 9.26. The molecule has 0 unspecified atom stereocenters. The Kier molecular flexibility index (Phi) is 3.33. The first-order valence-corrected chi connectivity index (χ1v) is 5.78. The number of aliphatic hydroxyl groups excluding tert-OH is 1.